The Hall–Kier alpha value is -3.73. The number of carbonyl (C=O) groups is 4. The number of furan rings is 1. The summed E-state index contributed by atoms with van der Waals surface area (Å²) < 4.78 is 5.13. The number of β-lactam (4-membered cyclic amide) rings is 1. The smallest absolute Gasteiger partial charge is 0.354 e. The Morgan fingerprint density at radius 1 is 1.23 bits per heavy atom. The van der Waals surface area contributed by atoms with Crippen LogP contribution in [0.5, 0.6) is 0 Å². The number of nitrogens with zero attached hydrogens (tertiary/aromatic N) is 2. The lowest BCUT2D eigenvalue weighted by atomic mass is 10.0. The number of urea groups is 1. The van der Waals surface area contributed by atoms with Gasteiger partial charge in [-0.1, -0.05) is 18.2 Å². The summed E-state index contributed by atoms with van der Waals surface area (Å²) in [4.78, 5) is 51.4. The van der Waals surface area contributed by atoms with E-state index in [4.69, 9.17) is 10.2 Å². The maximum Gasteiger partial charge on any atom is 0.354 e. The lowest BCUT2D eigenvalue weighted by molar-refractivity contribution is -0.150. The second-order valence-corrected chi connectivity index (χ2v) is 7.93. The topological polar surface area (TPSA) is 146 Å². The van der Waals surface area contributed by atoms with Gasteiger partial charge in [-0.05, 0) is 24.3 Å². The van der Waals surface area contributed by atoms with E-state index < -0.39 is 35.2 Å². The number of benzene rings is 1. The molecule has 0 bridgehead atoms. The van der Waals surface area contributed by atoms with E-state index in [1.54, 1.807) is 42.5 Å². The van der Waals surface area contributed by atoms with Gasteiger partial charge in [0.25, 0.3) is 5.91 Å². The fraction of sp³-hybridized carbons (Fsp3) is 0.200. The average Bonchev–Trinajstić information content (AvgIpc) is 3.25. The normalized spacial score (nSPS) is 20.0. The largest absolute Gasteiger partial charge is 0.477 e. The maximum atomic E-state index is 12.8. The van der Waals surface area contributed by atoms with Gasteiger partial charge in [-0.3, -0.25) is 19.4 Å². The van der Waals surface area contributed by atoms with E-state index in [-0.39, 0.29) is 23.6 Å². The molecule has 10 nitrogen and oxygen atoms in total. The summed E-state index contributed by atoms with van der Waals surface area (Å²) in [7, 11) is 0. The van der Waals surface area contributed by atoms with E-state index in [1.165, 1.54) is 18.0 Å². The molecule has 4 N–H and O–H groups in total. The minimum absolute atomic E-state index is 0.0372. The number of thioether (sulfide) groups is 1. The second-order valence-electron chi connectivity index (χ2n) is 6.82. The number of nitrogens with one attached hydrogen (secondary N) is 1. The molecule has 2 aromatic rings. The SMILES string of the molecule is NC(=O)N(C1=C(C(=O)O)N2C(=O)C(NC(=O)Cc3ccco3)[C@H]2SC1)c1ccccc1. The molecule has 160 valence electrons. The number of aliphatic carboxylic acids is 1. The minimum Gasteiger partial charge on any atom is -0.477 e. The third-order valence-electron chi connectivity index (χ3n) is 4.89. The summed E-state index contributed by atoms with van der Waals surface area (Å²) in [6.45, 7) is 0. The number of carboxylic acids is 1. The van der Waals surface area contributed by atoms with Crippen LogP contribution >= 0.6 is 11.8 Å². The third kappa shape index (κ3) is 3.75. The summed E-state index contributed by atoms with van der Waals surface area (Å²) in [6.07, 6.45) is 1.41. The molecule has 3 heterocycles. The molecular formula is C20H18N4O6S. The van der Waals surface area contributed by atoms with Gasteiger partial charge in [0.15, 0.2) is 5.70 Å². The Bertz CT molecular complexity index is 1070. The second kappa shape index (κ2) is 8.19. The van der Waals surface area contributed by atoms with Crippen LogP contribution < -0.4 is 16.0 Å². The number of para-hydroxylation sites is 1. The molecule has 1 saturated heterocycles. The molecule has 4 amide bonds. The minimum atomic E-state index is -1.36. The first-order valence-corrected chi connectivity index (χ1v) is 10.3. The number of rotatable bonds is 6. The van der Waals surface area contributed by atoms with Crippen LogP contribution in [0.4, 0.5) is 10.5 Å². The first-order chi connectivity index (χ1) is 14.9. The third-order valence-corrected chi connectivity index (χ3v) is 6.15. The quantitative estimate of drug-likeness (QED) is 0.568. The van der Waals surface area contributed by atoms with Gasteiger partial charge in [0.1, 0.15) is 17.2 Å². The number of carboxylic acid groups (broad SMARTS) is 1. The van der Waals surface area contributed by atoms with Gasteiger partial charge < -0.3 is 20.6 Å². The van der Waals surface area contributed by atoms with Crippen molar-refractivity contribution >= 4 is 41.3 Å². The summed E-state index contributed by atoms with van der Waals surface area (Å²) >= 11 is 1.24. The van der Waals surface area contributed by atoms with Crippen LogP contribution in [0.1, 0.15) is 5.76 Å². The highest BCUT2D eigenvalue weighted by Crippen LogP contribution is 2.42. The van der Waals surface area contributed by atoms with Crippen LogP contribution in [0, 0.1) is 0 Å². The zero-order valence-corrected chi connectivity index (χ0v) is 16.9. The molecule has 2 aliphatic heterocycles. The summed E-state index contributed by atoms with van der Waals surface area (Å²) in [6, 6.07) is 9.90. The Labute approximate surface area is 180 Å². The highest BCUT2D eigenvalue weighted by Gasteiger charge is 2.55. The molecule has 4 rings (SSSR count). The molecule has 0 spiro atoms. The number of fused-ring (bicyclic) bond motifs is 1. The molecule has 1 fully saturated rings. The fourth-order valence-electron chi connectivity index (χ4n) is 3.56. The van der Waals surface area contributed by atoms with Crippen molar-refractivity contribution in [2.75, 3.05) is 10.7 Å². The molecular weight excluding hydrogens is 424 g/mol. The van der Waals surface area contributed by atoms with Crippen molar-refractivity contribution in [2.24, 2.45) is 5.73 Å². The van der Waals surface area contributed by atoms with E-state index >= 15 is 0 Å². The Kier molecular flexibility index (Phi) is 5.42. The van der Waals surface area contributed by atoms with Gasteiger partial charge in [0.05, 0.1) is 24.1 Å². The highest BCUT2D eigenvalue weighted by atomic mass is 32.2. The Balaban J connectivity index is 1.59. The number of amides is 4. The van der Waals surface area contributed by atoms with E-state index in [0.717, 1.165) is 9.80 Å². The molecule has 11 heteroatoms. The van der Waals surface area contributed by atoms with Crippen molar-refractivity contribution in [1.82, 2.24) is 10.2 Å². The van der Waals surface area contributed by atoms with Gasteiger partial charge >= 0.3 is 12.0 Å². The Morgan fingerprint density at radius 3 is 2.58 bits per heavy atom. The zero-order valence-electron chi connectivity index (χ0n) is 16.1. The summed E-state index contributed by atoms with van der Waals surface area (Å²) in [5.41, 5.74) is 5.69. The van der Waals surface area contributed by atoms with Crippen molar-refractivity contribution in [1.29, 1.82) is 0 Å². The number of carbonyl (C=O) groups excluding carboxylic acids is 3. The molecule has 0 saturated carbocycles. The van der Waals surface area contributed by atoms with E-state index in [1.807, 2.05) is 0 Å². The van der Waals surface area contributed by atoms with Gasteiger partial charge in [0.2, 0.25) is 5.91 Å². The van der Waals surface area contributed by atoms with E-state index in [0.29, 0.717) is 11.4 Å². The molecule has 2 atom stereocenters. The standard InChI is InChI=1S/C20H18N4O6S/c21-20(29)23(11-5-2-1-3-6-11)13-10-31-18-15(17(26)24(18)16(13)19(27)28)22-14(25)9-12-7-4-8-30-12/h1-8,15,18H,9-10H2,(H2,21,29)(H,22,25)(H,27,28)/t15?,18-/m1/s1. The van der Waals surface area contributed by atoms with Crippen LogP contribution in [0.15, 0.2) is 64.5 Å². The van der Waals surface area contributed by atoms with E-state index in [9.17, 15) is 24.3 Å². The Morgan fingerprint density at radius 2 is 1.97 bits per heavy atom. The van der Waals surface area contributed by atoms with Crippen LogP contribution in [0.2, 0.25) is 0 Å². The van der Waals surface area contributed by atoms with Gasteiger partial charge in [0, 0.05) is 5.75 Å². The number of hydrogen-bond acceptors (Lipinski definition) is 6. The average molecular weight is 442 g/mol. The number of hydrogen-bond donors (Lipinski definition) is 3. The molecule has 31 heavy (non-hydrogen) atoms. The highest BCUT2D eigenvalue weighted by molar-refractivity contribution is 8.00. The molecule has 1 unspecified atom stereocenters. The van der Waals surface area contributed by atoms with Gasteiger partial charge in [-0.2, -0.15) is 0 Å². The van der Waals surface area contributed by atoms with Gasteiger partial charge in [-0.25, -0.2) is 9.59 Å². The van der Waals surface area contributed by atoms with Crippen molar-refractivity contribution in [3.63, 3.8) is 0 Å². The molecule has 0 radical (unpaired) electrons. The predicted octanol–water partition coefficient (Wildman–Crippen LogP) is 1.10. The number of nitrogens with two attached hydrogens (primary N) is 1. The van der Waals surface area contributed by atoms with Crippen LogP contribution in [-0.4, -0.2) is 51.0 Å². The van der Waals surface area contributed by atoms with Crippen molar-refractivity contribution in [2.45, 2.75) is 17.8 Å². The lowest BCUT2D eigenvalue weighted by Crippen LogP contribution is -2.71. The monoisotopic (exact) mass is 442 g/mol. The van der Waals surface area contributed by atoms with Crippen molar-refractivity contribution in [3.05, 3.63) is 65.9 Å². The first kappa shape index (κ1) is 20.5. The van der Waals surface area contributed by atoms with Crippen LogP contribution in [0.25, 0.3) is 0 Å². The van der Waals surface area contributed by atoms with Crippen LogP contribution in [0.3, 0.4) is 0 Å². The molecule has 2 aliphatic rings. The predicted molar refractivity (Wildman–Crippen MR) is 111 cm³/mol. The fourth-order valence-corrected chi connectivity index (χ4v) is 4.89. The number of primary amides is 1. The van der Waals surface area contributed by atoms with Gasteiger partial charge in [-0.15, -0.1) is 11.8 Å². The number of anilines is 1. The maximum absolute atomic E-state index is 12.8. The first-order valence-electron chi connectivity index (χ1n) is 9.26. The molecule has 1 aromatic carbocycles. The van der Waals surface area contributed by atoms with E-state index in [2.05, 4.69) is 5.32 Å². The molecule has 1 aromatic heterocycles. The molecule has 0 aliphatic carbocycles. The van der Waals surface area contributed by atoms with Crippen molar-refractivity contribution < 1.29 is 28.7 Å². The summed E-state index contributed by atoms with van der Waals surface area (Å²) in [5.74, 6) is -1.79. The zero-order chi connectivity index (χ0) is 22.1. The summed E-state index contributed by atoms with van der Waals surface area (Å²) in [5, 5.41) is 11.9. The van der Waals surface area contributed by atoms with Crippen molar-refractivity contribution in [3.8, 4) is 0 Å². The van der Waals surface area contributed by atoms with Crippen LogP contribution in [-0.2, 0) is 20.8 Å². The lowest BCUT2D eigenvalue weighted by Gasteiger charge is -2.50.